The average molecular weight is 385 g/mol. The number of nitro benzene ring substituents is 1. The summed E-state index contributed by atoms with van der Waals surface area (Å²) in [7, 11) is 3.22. The van der Waals surface area contributed by atoms with Gasteiger partial charge in [0.05, 0.1) is 25.7 Å². The Morgan fingerprint density at radius 1 is 1.25 bits per heavy atom. The standard InChI is InChI=1S/C20H23N3O5/c1-27-16-8-9-17(19(12-16)28-2)18-7-4-10-22(18)13-20(24)21-14-5-3-6-15(11-14)23(25)26/h3,5-6,8-9,11-12,18H,4,7,10,13H2,1-2H3,(H,21,24)/t18-/m0/s1. The number of carbonyl (C=O) groups is 1. The van der Waals surface area contributed by atoms with Crippen LogP contribution in [0.5, 0.6) is 11.5 Å². The van der Waals surface area contributed by atoms with Crippen LogP contribution in [-0.2, 0) is 4.79 Å². The summed E-state index contributed by atoms with van der Waals surface area (Å²) in [5.41, 5.74) is 1.38. The number of likely N-dealkylation sites (tertiary alicyclic amines) is 1. The van der Waals surface area contributed by atoms with E-state index in [0.717, 1.165) is 30.7 Å². The number of hydrogen-bond donors (Lipinski definition) is 1. The molecule has 2 aromatic rings. The number of methoxy groups -OCH3 is 2. The third kappa shape index (κ3) is 4.40. The lowest BCUT2D eigenvalue weighted by Crippen LogP contribution is -2.33. The Kier molecular flexibility index (Phi) is 6.10. The molecule has 0 saturated carbocycles. The molecule has 8 nitrogen and oxygen atoms in total. The Labute approximate surface area is 163 Å². The summed E-state index contributed by atoms with van der Waals surface area (Å²) < 4.78 is 10.8. The second kappa shape index (κ2) is 8.71. The quantitative estimate of drug-likeness (QED) is 0.580. The van der Waals surface area contributed by atoms with Gasteiger partial charge in [-0.05, 0) is 31.5 Å². The van der Waals surface area contributed by atoms with Crippen LogP contribution in [-0.4, -0.2) is 43.0 Å². The van der Waals surface area contributed by atoms with Crippen molar-refractivity contribution in [2.24, 2.45) is 0 Å². The lowest BCUT2D eigenvalue weighted by atomic mass is 10.0. The van der Waals surface area contributed by atoms with Gasteiger partial charge in [-0.3, -0.25) is 19.8 Å². The van der Waals surface area contributed by atoms with E-state index >= 15 is 0 Å². The number of ether oxygens (including phenoxy) is 2. The second-order valence-electron chi connectivity index (χ2n) is 6.59. The molecule has 3 rings (SSSR count). The molecule has 1 amide bonds. The molecule has 1 N–H and O–H groups in total. The number of carbonyl (C=O) groups excluding carboxylic acids is 1. The summed E-state index contributed by atoms with van der Waals surface area (Å²) in [6, 6.07) is 11.7. The molecule has 0 aliphatic carbocycles. The van der Waals surface area contributed by atoms with Crippen LogP contribution >= 0.6 is 0 Å². The second-order valence-corrected chi connectivity index (χ2v) is 6.59. The molecule has 1 heterocycles. The first-order valence-electron chi connectivity index (χ1n) is 9.02. The van der Waals surface area contributed by atoms with E-state index in [2.05, 4.69) is 10.2 Å². The highest BCUT2D eigenvalue weighted by atomic mass is 16.6. The highest BCUT2D eigenvalue weighted by molar-refractivity contribution is 5.92. The van der Waals surface area contributed by atoms with Crippen LogP contribution in [0.15, 0.2) is 42.5 Å². The zero-order chi connectivity index (χ0) is 20.1. The van der Waals surface area contributed by atoms with Crippen LogP contribution in [0.2, 0.25) is 0 Å². The predicted molar refractivity (Wildman–Crippen MR) is 105 cm³/mol. The van der Waals surface area contributed by atoms with Gasteiger partial charge in [-0.2, -0.15) is 0 Å². The number of non-ortho nitro benzene ring substituents is 1. The molecule has 0 bridgehead atoms. The Hall–Kier alpha value is -3.13. The lowest BCUT2D eigenvalue weighted by Gasteiger charge is -2.25. The Morgan fingerprint density at radius 3 is 2.79 bits per heavy atom. The first kappa shape index (κ1) is 19.6. The minimum absolute atomic E-state index is 0.0557. The number of nitrogens with one attached hydrogen (secondary N) is 1. The number of benzene rings is 2. The molecule has 28 heavy (non-hydrogen) atoms. The van der Waals surface area contributed by atoms with Crippen molar-refractivity contribution in [1.29, 1.82) is 0 Å². The highest BCUT2D eigenvalue weighted by Crippen LogP contribution is 2.38. The van der Waals surface area contributed by atoms with Gasteiger partial charge >= 0.3 is 0 Å². The summed E-state index contributed by atoms with van der Waals surface area (Å²) in [5.74, 6) is 1.24. The molecule has 8 heteroatoms. The minimum atomic E-state index is -0.484. The molecule has 1 fully saturated rings. The maximum Gasteiger partial charge on any atom is 0.271 e. The minimum Gasteiger partial charge on any atom is -0.497 e. The van der Waals surface area contributed by atoms with E-state index in [1.165, 1.54) is 12.1 Å². The van der Waals surface area contributed by atoms with E-state index in [9.17, 15) is 14.9 Å². The van der Waals surface area contributed by atoms with Gasteiger partial charge < -0.3 is 14.8 Å². The maximum atomic E-state index is 12.5. The van der Waals surface area contributed by atoms with E-state index in [4.69, 9.17) is 9.47 Å². The number of nitrogens with zero attached hydrogens (tertiary/aromatic N) is 2. The van der Waals surface area contributed by atoms with Crippen LogP contribution in [0, 0.1) is 10.1 Å². The van der Waals surface area contributed by atoms with Crippen LogP contribution in [0.3, 0.4) is 0 Å². The van der Waals surface area contributed by atoms with Crippen molar-refractivity contribution in [3.05, 3.63) is 58.1 Å². The molecule has 1 aliphatic heterocycles. The fraction of sp³-hybridized carbons (Fsp3) is 0.350. The Bertz CT molecular complexity index is 871. The summed E-state index contributed by atoms with van der Waals surface area (Å²) in [5, 5.41) is 13.6. The topological polar surface area (TPSA) is 93.9 Å². The van der Waals surface area contributed by atoms with E-state index in [0.29, 0.717) is 11.4 Å². The van der Waals surface area contributed by atoms with Crippen LogP contribution < -0.4 is 14.8 Å². The third-order valence-corrected chi connectivity index (χ3v) is 4.85. The van der Waals surface area contributed by atoms with Crippen molar-refractivity contribution in [1.82, 2.24) is 4.90 Å². The lowest BCUT2D eigenvalue weighted by molar-refractivity contribution is -0.384. The van der Waals surface area contributed by atoms with Gasteiger partial charge in [-0.15, -0.1) is 0 Å². The molecule has 1 atom stereocenters. The van der Waals surface area contributed by atoms with Gasteiger partial charge in [0.2, 0.25) is 5.91 Å². The van der Waals surface area contributed by atoms with Gasteiger partial charge in [-0.1, -0.05) is 12.1 Å². The zero-order valence-electron chi connectivity index (χ0n) is 15.9. The summed E-state index contributed by atoms with van der Waals surface area (Å²) in [4.78, 5) is 25.0. The van der Waals surface area contributed by atoms with Crippen molar-refractivity contribution in [2.45, 2.75) is 18.9 Å². The molecule has 1 aliphatic rings. The van der Waals surface area contributed by atoms with Crippen LogP contribution in [0.1, 0.15) is 24.4 Å². The first-order valence-corrected chi connectivity index (χ1v) is 9.02. The van der Waals surface area contributed by atoms with E-state index < -0.39 is 4.92 Å². The Balaban J connectivity index is 1.71. The average Bonchev–Trinajstić information content (AvgIpc) is 3.15. The van der Waals surface area contributed by atoms with Crippen LogP contribution in [0.25, 0.3) is 0 Å². The fourth-order valence-corrected chi connectivity index (χ4v) is 3.54. The predicted octanol–water partition coefficient (Wildman–Crippen LogP) is 3.39. The molecular weight excluding hydrogens is 362 g/mol. The van der Waals surface area contributed by atoms with E-state index in [1.807, 2.05) is 18.2 Å². The van der Waals surface area contributed by atoms with Crippen LogP contribution in [0.4, 0.5) is 11.4 Å². The van der Waals surface area contributed by atoms with Gasteiger partial charge in [0.25, 0.3) is 5.69 Å². The van der Waals surface area contributed by atoms with E-state index in [-0.39, 0.29) is 24.2 Å². The third-order valence-electron chi connectivity index (χ3n) is 4.85. The number of amides is 1. The largest absolute Gasteiger partial charge is 0.497 e. The molecule has 2 aromatic carbocycles. The molecule has 0 aromatic heterocycles. The summed E-state index contributed by atoms with van der Waals surface area (Å²) in [6.07, 6.45) is 1.90. The van der Waals surface area contributed by atoms with E-state index in [1.54, 1.807) is 26.4 Å². The first-order chi connectivity index (χ1) is 13.5. The summed E-state index contributed by atoms with van der Waals surface area (Å²) >= 11 is 0. The van der Waals surface area contributed by atoms with Crippen molar-refractivity contribution in [2.75, 3.05) is 32.6 Å². The molecule has 0 spiro atoms. The molecule has 1 saturated heterocycles. The van der Waals surface area contributed by atoms with Crippen molar-refractivity contribution >= 4 is 17.3 Å². The summed E-state index contributed by atoms with van der Waals surface area (Å²) in [6.45, 7) is 0.991. The van der Waals surface area contributed by atoms with Crippen molar-refractivity contribution in [3.63, 3.8) is 0 Å². The highest BCUT2D eigenvalue weighted by Gasteiger charge is 2.30. The van der Waals surface area contributed by atoms with Gasteiger partial charge in [0, 0.05) is 35.5 Å². The maximum absolute atomic E-state index is 12.5. The SMILES string of the molecule is COc1ccc([C@@H]2CCCN2CC(=O)Nc2cccc([N+](=O)[O-])c2)c(OC)c1. The normalized spacial score (nSPS) is 16.6. The smallest absolute Gasteiger partial charge is 0.271 e. The fourth-order valence-electron chi connectivity index (χ4n) is 3.54. The van der Waals surface area contributed by atoms with Crippen molar-refractivity contribution < 1.29 is 19.2 Å². The number of nitro groups is 1. The molecule has 148 valence electrons. The number of hydrogen-bond acceptors (Lipinski definition) is 6. The van der Waals surface area contributed by atoms with Gasteiger partial charge in [-0.25, -0.2) is 0 Å². The molecule has 0 radical (unpaired) electrons. The van der Waals surface area contributed by atoms with Gasteiger partial charge in [0.15, 0.2) is 0 Å². The monoisotopic (exact) mass is 385 g/mol. The van der Waals surface area contributed by atoms with Crippen molar-refractivity contribution in [3.8, 4) is 11.5 Å². The molecule has 0 unspecified atom stereocenters. The number of anilines is 1. The molecular formula is C20H23N3O5. The number of rotatable bonds is 7. The zero-order valence-corrected chi connectivity index (χ0v) is 15.9. The van der Waals surface area contributed by atoms with Gasteiger partial charge in [0.1, 0.15) is 11.5 Å². The Morgan fingerprint density at radius 2 is 2.07 bits per heavy atom.